The van der Waals surface area contributed by atoms with Gasteiger partial charge in [0.2, 0.25) is 0 Å². The number of benzene rings is 1. The van der Waals surface area contributed by atoms with E-state index in [1.165, 1.54) is 6.07 Å². The van der Waals surface area contributed by atoms with E-state index in [1.54, 1.807) is 13.8 Å². The lowest BCUT2D eigenvalue weighted by Gasteiger charge is -2.39. The molecule has 1 unspecified atom stereocenters. The lowest BCUT2D eigenvalue weighted by molar-refractivity contribution is -0.398. The van der Waals surface area contributed by atoms with Gasteiger partial charge in [0.25, 0.3) is 5.69 Å². The smallest absolute Gasteiger partial charge is 0.315 e. The van der Waals surface area contributed by atoms with Crippen LogP contribution in [0.5, 0.6) is 5.75 Å². The minimum Gasteiger partial charge on any atom is -0.868 e. The molecular weight excluding hydrogens is 376 g/mol. The molecule has 2 atom stereocenters. The predicted molar refractivity (Wildman–Crippen MR) is 104 cm³/mol. The van der Waals surface area contributed by atoms with Gasteiger partial charge in [0.05, 0.1) is 11.5 Å². The van der Waals surface area contributed by atoms with Gasteiger partial charge in [-0.1, -0.05) is 26.0 Å². The molecule has 0 fully saturated rings. The first-order chi connectivity index (χ1) is 13.6. The van der Waals surface area contributed by atoms with E-state index in [2.05, 4.69) is 4.99 Å². The summed E-state index contributed by atoms with van der Waals surface area (Å²) in [5.74, 6) is -3.06. The van der Waals surface area contributed by atoms with Crippen LogP contribution in [0.25, 0.3) is 0 Å². The number of ketones is 1. The van der Waals surface area contributed by atoms with E-state index in [0.29, 0.717) is 29.0 Å². The van der Waals surface area contributed by atoms with Crippen LogP contribution in [0.15, 0.2) is 34.5 Å². The van der Waals surface area contributed by atoms with Crippen molar-refractivity contribution in [3.63, 3.8) is 0 Å². The highest BCUT2D eigenvalue weighted by Crippen LogP contribution is 2.48. The summed E-state index contributed by atoms with van der Waals surface area (Å²) < 4.78 is 5.21. The van der Waals surface area contributed by atoms with Crippen LogP contribution in [0.1, 0.15) is 52.0 Å². The first-order valence-corrected chi connectivity index (χ1v) is 9.49. The van der Waals surface area contributed by atoms with E-state index in [1.807, 2.05) is 13.8 Å². The van der Waals surface area contributed by atoms with Crippen molar-refractivity contribution in [3.8, 4) is 5.75 Å². The van der Waals surface area contributed by atoms with Gasteiger partial charge in [0, 0.05) is 35.4 Å². The molecule has 0 saturated heterocycles. The van der Waals surface area contributed by atoms with Crippen LogP contribution >= 0.6 is 0 Å². The van der Waals surface area contributed by atoms with Crippen LogP contribution in [-0.2, 0) is 14.3 Å². The van der Waals surface area contributed by atoms with Gasteiger partial charge in [-0.15, -0.1) is 0 Å². The number of nitrogens with zero attached hydrogens (tertiary/aromatic N) is 2. The van der Waals surface area contributed by atoms with Crippen LogP contribution in [0, 0.1) is 21.4 Å². The second kappa shape index (κ2) is 7.42. The minimum absolute atomic E-state index is 0.138. The lowest BCUT2D eigenvalue weighted by atomic mass is 9.67. The topological polar surface area (TPSA) is 122 Å². The third kappa shape index (κ3) is 3.79. The molecule has 0 bridgehead atoms. The number of ether oxygens (including phenoxy) is 1. The Morgan fingerprint density at radius 1 is 1.34 bits per heavy atom. The SMILES string of the molecule is CCOC(=O)C1C(C)=NC2=C(C(=O)CC(C)(C)C2)[C@@H]1c1ccc([O-])c([N+](=O)[O-])c1. The zero-order valence-electron chi connectivity index (χ0n) is 16.9. The standard InChI is InChI=1S/C21H24N2O6/c1-5-29-20(26)17-11(2)22-13-9-21(3,4)10-16(25)19(13)18(17)12-6-7-15(24)14(8-12)23(27)28/h6-8,17-18,24H,5,9-10H2,1-4H3/p-1/t17?,18-/m1/s1. The molecule has 0 amide bonds. The Morgan fingerprint density at radius 2 is 2.03 bits per heavy atom. The molecule has 1 aliphatic heterocycles. The van der Waals surface area contributed by atoms with Crippen molar-refractivity contribution in [1.29, 1.82) is 0 Å². The van der Waals surface area contributed by atoms with Gasteiger partial charge in [-0.3, -0.25) is 24.7 Å². The molecule has 154 valence electrons. The number of rotatable bonds is 4. The Balaban J connectivity index is 2.22. The van der Waals surface area contributed by atoms with Crippen molar-refractivity contribution in [1.82, 2.24) is 0 Å². The molecule has 3 rings (SSSR count). The Hall–Kier alpha value is -3.03. The fraction of sp³-hybridized carbons (Fsp3) is 0.476. The summed E-state index contributed by atoms with van der Waals surface area (Å²) in [6.07, 6.45) is 0.841. The number of hydrogen-bond acceptors (Lipinski definition) is 7. The van der Waals surface area contributed by atoms with Crippen LogP contribution in [0.2, 0.25) is 0 Å². The van der Waals surface area contributed by atoms with Gasteiger partial charge in [0.1, 0.15) is 5.92 Å². The number of esters is 1. The van der Waals surface area contributed by atoms with Crippen molar-refractivity contribution in [2.45, 2.75) is 46.5 Å². The van der Waals surface area contributed by atoms with Gasteiger partial charge in [0.15, 0.2) is 5.78 Å². The molecule has 0 aromatic heterocycles. The maximum absolute atomic E-state index is 13.1. The van der Waals surface area contributed by atoms with Gasteiger partial charge in [-0.25, -0.2) is 0 Å². The molecule has 0 spiro atoms. The van der Waals surface area contributed by atoms with Gasteiger partial charge in [-0.05, 0) is 37.0 Å². The van der Waals surface area contributed by atoms with E-state index < -0.39 is 34.2 Å². The summed E-state index contributed by atoms with van der Waals surface area (Å²) in [6.45, 7) is 7.48. The van der Waals surface area contributed by atoms with Crippen molar-refractivity contribution in [3.05, 3.63) is 45.1 Å². The maximum atomic E-state index is 13.1. The van der Waals surface area contributed by atoms with Gasteiger partial charge < -0.3 is 9.84 Å². The summed E-state index contributed by atoms with van der Waals surface area (Å²) in [6, 6.07) is 3.71. The summed E-state index contributed by atoms with van der Waals surface area (Å²) in [7, 11) is 0. The van der Waals surface area contributed by atoms with E-state index >= 15 is 0 Å². The Labute approximate surface area is 168 Å². The molecule has 1 heterocycles. The zero-order chi connectivity index (χ0) is 21.5. The van der Waals surface area contributed by atoms with Crippen LogP contribution in [-0.4, -0.2) is 29.0 Å². The largest absolute Gasteiger partial charge is 0.868 e. The zero-order valence-corrected chi connectivity index (χ0v) is 16.9. The molecular formula is C21H23N2O6-. The van der Waals surface area contributed by atoms with E-state index in [9.17, 15) is 24.8 Å². The summed E-state index contributed by atoms with van der Waals surface area (Å²) in [4.78, 5) is 40.9. The van der Waals surface area contributed by atoms with Gasteiger partial charge >= 0.3 is 5.97 Å². The average molecular weight is 399 g/mol. The number of carbonyl (C=O) groups is 2. The molecule has 0 radical (unpaired) electrons. The highest BCUT2D eigenvalue weighted by Gasteiger charge is 2.46. The quantitative estimate of drug-likeness (QED) is 0.436. The van der Waals surface area contributed by atoms with Crippen LogP contribution < -0.4 is 5.11 Å². The molecule has 1 aromatic rings. The van der Waals surface area contributed by atoms with Gasteiger partial charge in [-0.2, -0.15) is 0 Å². The normalized spacial score (nSPS) is 23.3. The monoisotopic (exact) mass is 399 g/mol. The molecule has 29 heavy (non-hydrogen) atoms. The fourth-order valence-electron chi connectivity index (χ4n) is 4.21. The number of carbonyl (C=O) groups excluding carboxylic acids is 2. The summed E-state index contributed by atoms with van der Waals surface area (Å²) >= 11 is 0. The third-order valence-electron chi connectivity index (χ3n) is 5.38. The first kappa shape index (κ1) is 20.7. The predicted octanol–water partition coefficient (Wildman–Crippen LogP) is 3.05. The second-order valence-corrected chi connectivity index (χ2v) is 8.25. The minimum atomic E-state index is -0.879. The molecule has 0 saturated carbocycles. The number of Topliss-reactive ketones (excluding diaryl/α,β-unsaturated/α-hetero) is 1. The summed E-state index contributed by atoms with van der Waals surface area (Å²) in [5.41, 5.74) is 0.988. The molecule has 1 aromatic carbocycles. The molecule has 2 aliphatic rings. The van der Waals surface area contributed by atoms with E-state index in [4.69, 9.17) is 4.74 Å². The highest BCUT2D eigenvalue weighted by molar-refractivity contribution is 6.09. The molecule has 8 heteroatoms. The first-order valence-electron chi connectivity index (χ1n) is 9.49. The van der Waals surface area contributed by atoms with Crippen molar-refractivity contribution < 1.29 is 24.4 Å². The number of allylic oxidation sites excluding steroid dienone is 2. The Morgan fingerprint density at radius 3 is 2.66 bits per heavy atom. The van der Waals surface area contributed by atoms with E-state index in [0.717, 1.165) is 12.1 Å². The maximum Gasteiger partial charge on any atom is 0.315 e. The second-order valence-electron chi connectivity index (χ2n) is 8.25. The third-order valence-corrected chi connectivity index (χ3v) is 5.38. The highest BCUT2D eigenvalue weighted by atomic mass is 16.6. The number of nitro benzene ring substituents is 1. The van der Waals surface area contributed by atoms with Crippen molar-refractivity contribution in [2.75, 3.05) is 6.61 Å². The van der Waals surface area contributed by atoms with Crippen molar-refractivity contribution >= 4 is 23.2 Å². The Kier molecular flexibility index (Phi) is 5.30. The number of nitro groups is 1. The molecule has 0 N–H and O–H groups in total. The van der Waals surface area contributed by atoms with E-state index in [-0.39, 0.29) is 24.2 Å². The average Bonchev–Trinajstić information content (AvgIpc) is 2.59. The number of aliphatic imine (C=N–C) groups is 1. The Bertz CT molecular complexity index is 960. The summed E-state index contributed by atoms with van der Waals surface area (Å²) in [5, 5.41) is 23.2. The van der Waals surface area contributed by atoms with Crippen LogP contribution in [0.4, 0.5) is 5.69 Å². The fourth-order valence-corrected chi connectivity index (χ4v) is 4.21. The number of hydrogen-bond donors (Lipinski definition) is 0. The van der Waals surface area contributed by atoms with Crippen molar-refractivity contribution in [2.24, 2.45) is 16.3 Å². The molecule has 8 nitrogen and oxygen atoms in total. The molecule has 1 aliphatic carbocycles. The lowest BCUT2D eigenvalue weighted by Crippen LogP contribution is -2.39. The van der Waals surface area contributed by atoms with Crippen LogP contribution in [0.3, 0.4) is 0 Å².